The molecule has 0 aliphatic heterocycles. The van der Waals surface area contributed by atoms with Crippen LogP contribution in [0.4, 0.5) is 0 Å². The second kappa shape index (κ2) is 6.01. The fourth-order valence-electron chi connectivity index (χ4n) is 2.28. The summed E-state index contributed by atoms with van der Waals surface area (Å²) in [5.41, 5.74) is -0.379. The maximum atomic E-state index is 12.4. The lowest BCUT2D eigenvalue weighted by Crippen LogP contribution is -2.52. The summed E-state index contributed by atoms with van der Waals surface area (Å²) < 4.78 is 5.25. The van der Waals surface area contributed by atoms with E-state index in [4.69, 9.17) is 4.42 Å². The SMILES string of the molecule is CCN(CC)C(C)(CC)C(=O)Cc1ccco1. The van der Waals surface area contributed by atoms with Gasteiger partial charge in [-0.25, -0.2) is 0 Å². The van der Waals surface area contributed by atoms with Crippen LogP contribution in [0, 0.1) is 0 Å². The molecule has 0 amide bonds. The average molecular weight is 237 g/mol. The fraction of sp³-hybridized carbons (Fsp3) is 0.643. The smallest absolute Gasteiger partial charge is 0.160 e. The average Bonchev–Trinajstić information content (AvgIpc) is 2.82. The summed E-state index contributed by atoms with van der Waals surface area (Å²) in [6.07, 6.45) is 2.82. The van der Waals surface area contributed by atoms with Crippen LogP contribution in [-0.2, 0) is 11.2 Å². The van der Waals surface area contributed by atoms with Crippen LogP contribution in [-0.4, -0.2) is 29.3 Å². The maximum Gasteiger partial charge on any atom is 0.160 e. The lowest BCUT2D eigenvalue weighted by molar-refractivity contribution is -0.130. The van der Waals surface area contributed by atoms with Gasteiger partial charge < -0.3 is 4.42 Å². The van der Waals surface area contributed by atoms with E-state index >= 15 is 0 Å². The van der Waals surface area contributed by atoms with E-state index in [1.165, 1.54) is 0 Å². The van der Waals surface area contributed by atoms with Crippen molar-refractivity contribution in [3.05, 3.63) is 24.2 Å². The Hall–Kier alpha value is -1.09. The molecule has 0 aromatic carbocycles. The first kappa shape index (κ1) is 14.0. The number of furan rings is 1. The zero-order valence-electron chi connectivity index (χ0n) is 11.3. The largest absolute Gasteiger partial charge is 0.469 e. The Kier molecular flexibility index (Phi) is 4.94. The van der Waals surface area contributed by atoms with E-state index < -0.39 is 0 Å². The van der Waals surface area contributed by atoms with E-state index in [-0.39, 0.29) is 11.3 Å². The molecule has 0 N–H and O–H groups in total. The third kappa shape index (κ3) is 2.97. The molecule has 0 saturated heterocycles. The van der Waals surface area contributed by atoms with Crippen LogP contribution in [0.2, 0.25) is 0 Å². The molecule has 96 valence electrons. The molecule has 1 aromatic heterocycles. The number of likely N-dealkylation sites (N-methyl/N-ethyl adjacent to an activating group) is 1. The number of hydrogen-bond acceptors (Lipinski definition) is 3. The van der Waals surface area contributed by atoms with Gasteiger partial charge in [0.2, 0.25) is 0 Å². The highest BCUT2D eigenvalue weighted by Gasteiger charge is 2.35. The summed E-state index contributed by atoms with van der Waals surface area (Å²) in [7, 11) is 0. The first-order chi connectivity index (χ1) is 8.08. The van der Waals surface area contributed by atoms with E-state index in [1.807, 2.05) is 19.1 Å². The van der Waals surface area contributed by atoms with Crippen molar-refractivity contribution in [2.45, 2.75) is 46.1 Å². The lowest BCUT2D eigenvalue weighted by atomic mass is 9.88. The number of carbonyl (C=O) groups excluding carboxylic acids is 1. The van der Waals surface area contributed by atoms with Crippen LogP contribution >= 0.6 is 0 Å². The lowest BCUT2D eigenvalue weighted by Gasteiger charge is -2.38. The van der Waals surface area contributed by atoms with Gasteiger partial charge in [-0.05, 0) is 38.6 Å². The van der Waals surface area contributed by atoms with Gasteiger partial charge in [0, 0.05) is 0 Å². The van der Waals surface area contributed by atoms with Crippen LogP contribution < -0.4 is 0 Å². The first-order valence-electron chi connectivity index (χ1n) is 6.39. The van der Waals surface area contributed by atoms with E-state index in [0.717, 1.165) is 25.3 Å². The van der Waals surface area contributed by atoms with Crippen molar-refractivity contribution < 1.29 is 9.21 Å². The molecule has 0 saturated carbocycles. The quantitative estimate of drug-likeness (QED) is 0.731. The zero-order chi connectivity index (χ0) is 12.9. The number of Topliss-reactive ketones (excluding diaryl/α,β-unsaturated/α-hetero) is 1. The molecule has 3 heteroatoms. The summed E-state index contributed by atoms with van der Waals surface area (Å²) in [4.78, 5) is 14.6. The van der Waals surface area contributed by atoms with Crippen LogP contribution in [0.3, 0.4) is 0 Å². The van der Waals surface area contributed by atoms with Crippen molar-refractivity contribution in [3.63, 3.8) is 0 Å². The van der Waals surface area contributed by atoms with Gasteiger partial charge in [0.05, 0.1) is 18.2 Å². The molecule has 0 spiro atoms. The van der Waals surface area contributed by atoms with Gasteiger partial charge in [-0.1, -0.05) is 20.8 Å². The van der Waals surface area contributed by atoms with Gasteiger partial charge in [-0.3, -0.25) is 9.69 Å². The van der Waals surface area contributed by atoms with Gasteiger partial charge in [-0.15, -0.1) is 0 Å². The minimum absolute atomic E-state index is 0.235. The minimum atomic E-state index is -0.379. The normalized spacial score (nSPS) is 14.9. The zero-order valence-corrected chi connectivity index (χ0v) is 11.3. The van der Waals surface area contributed by atoms with Crippen molar-refractivity contribution in [2.75, 3.05) is 13.1 Å². The molecule has 0 bridgehead atoms. The van der Waals surface area contributed by atoms with Crippen LogP contribution in [0.25, 0.3) is 0 Å². The third-order valence-corrected chi connectivity index (χ3v) is 3.67. The minimum Gasteiger partial charge on any atom is -0.469 e. The molecule has 0 fully saturated rings. The van der Waals surface area contributed by atoms with Crippen molar-refractivity contribution in [3.8, 4) is 0 Å². The second-order valence-electron chi connectivity index (χ2n) is 4.48. The van der Waals surface area contributed by atoms with E-state index in [9.17, 15) is 4.79 Å². The number of hydrogen-bond donors (Lipinski definition) is 0. The third-order valence-electron chi connectivity index (χ3n) is 3.67. The van der Waals surface area contributed by atoms with Crippen LogP contribution in [0.15, 0.2) is 22.8 Å². The highest BCUT2D eigenvalue weighted by molar-refractivity contribution is 5.89. The summed E-state index contributed by atoms with van der Waals surface area (Å²) in [5.74, 6) is 0.987. The second-order valence-corrected chi connectivity index (χ2v) is 4.48. The molecule has 1 rings (SSSR count). The number of rotatable bonds is 7. The molecule has 17 heavy (non-hydrogen) atoms. The molecule has 0 aliphatic rings. The van der Waals surface area contributed by atoms with Crippen LogP contribution in [0.1, 0.15) is 39.9 Å². The van der Waals surface area contributed by atoms with Crippen molar-refractivity contribution in [1.82, 2.24) is 4.90 Å². The van der Waals surface area contributed by atoms with E-state index in [1.54, 1.807) is 6.26 Å². The number of nitrogens with zero attached hydrogens (tertiary/aromatic N) is 1. The molecule has 1 aromatic rings. The first-order valence-corrected chi connectivity index (χ1v) is 6.39. The molecular formula is C14H23NO2. The fourth-order valence-corrected chi connectivity index (χ4v) is 2.28. The Morgan fingerprint density at radius 1 is 1.35 bits per heavy atom. The molecule has 1 atom stereocenters. The number of ketones is 1. The molecule has 1 unspecified atom stereocenters. The van der Waals surface area contributed by atoms with E-state index in [2.05, 4.69) is 25.7 Å². The van der Waals surface area contributed by atoms with Gasteiger partial charge in [0.25, 0.3) is 0 Å². The summed E-state index contributed by atoms with van der Waals surface area (Å²) >= 11 is 0. The van der Waals surface area contributed by atoms with Gasteiger partial charge in [-0.2, -0.15) is 0 Å². The Balaban J connectivity index is 2.81. The van der Waals surface area contributed by atoms with Crippen molar-refractivity contribution in [1.29, 1.82) is 0 Å². The van der Waals surface area contributed by atoms with Crippen LogP contribution in [0.5, 0.6) is 0 Å². The monoisotopic (exact) mass is 237 g/mol. The molecule has 0 aliphatic carbocycles. The molecule has 3 nitrogen and oxygen atoms in total. The van der Waals surface area contributed by atoms with Gasteiger partial charge in [0.15, 0.2) is 5.78 Å². The van der Waals surface area contributed by atoms with Crippen molar-refractivity contribution >= 4 is 5.78 Å². The summed E-state index contributed by atoms with van der Waals surface area (Å²) in [6, 6.07) is 3.68. The molecule has 0 radical (unpaired) electrons. The Bertz CT molecular complexity index is 341. The molecular weight excluding hydrogens is 214 g/mol. The Labute approximate surface area is 104 Å². The Morgan fingerprint density at radius 2 is 2.00 bits per heavy atom. The summed E-state index contributed by atoms with van der Waals surface area (Å²) in [6.45, 7) is 10.1. The van der Waals surface area contributed by atoms with Gasteiger partial charge >= 0.3 is 0 Å². The standard InChI is InChI=1S/C14H23NO2/c1-5-14(4,15(6-2)7-3)13(16)11-12-9-8-10-17-12/h8-10H,5-7,11H2,1-4H3. The summed E-state index contributed by atoms with van der Waals surface area (Å²) in [5, 5.41) is 0. The van der Waals surface area contributed by atoms with Gasteiger partial charge in [0.1, 0.15) is 5.76 Å². The van der Waals surface area contributed by atoms with E-state index in [0.29, 0.717) is 6.42 Å². The molecule has 1 heterocycles. The highest BCUT2D eigenvalue weighted by Crippen LogP contribution is 2.22. The maximum absolute atomic E-state index is 12.4. The topological polar surface area (TPSA) is 33.5 Å². The highest BCUT2D eigenvalue weighted by atomic mass is 16.3. The predicted octanol–water partition coefficient (Wildman–Crippen LogP) is 2.90. The van der Waals surface area contributed by atoms with Crippen molar-refractivity contribution in [2.24, 2.45) is 0 Å². The Morgan fingerprint density at radius 3 is 2.41 bits per heavy atom. The predicted molar refractivity (Wildman–Crippen MR) is 69.0 cm³/mol. The number of carbonyl (C=O) groups is 1.